The average Bonchev–Trinajstić information content (AvgIpc) is 2.91. The third-order valence-corrected chi connectivity index (χ3v) is 5.80. The summed E-state index contributed by atoms with van der Waals surface area (Å²) in [5, 5.41) is 0. The van der Waals surface area contributed by atoms with Gasteiger partial charge in [-0.25, -0.2) is 13.1 Å². The molecule has 1 fully saturated rings. The van der Waals surface area contributed by atoms with E-state index >= 15 is 0 Å². The zero-order chi connectivity index (χ0) is 14.9. The highest BCUT2D eigenvalue weighted by atomic mass is 32.2. The molecule has 1 aliphatic heterocycles. The van der Waals surface area contributed by atoms with Crippen LogP contribution in [0.5, 0.6) is 0 Å². The highest BCUT2D eigenvalue weighted by molar-refractivity contribution is 7.89. The molecule has 1 aromatic carbocycles. The van der Waals surface area contributed by atoms with Gasteiger partial charge in [0.25, 0.3) is 0 Å². The van der Waals surface area contributed by atoms with Gasteiger partial charge in [0.05, 0.1) is 11.0 Å². The van der Waals surface area contributed by atoms with Crippen molar-refractivity contribution in [3.05, 3.63) is 28.3 Å². The highest BCUT2D eigenvalue weighted by Crippen LogP contribution is 2.24. The summed E-state index contributed by atoms with van der Waals surface area (Å²) in [5.41, 5.74) is 4.03. The van der Waals surface area contributed by atoms with Crippen molar-refractivity contribution in [1.82, 2.24) is 4.72 Å². The number of hydrogen-bond donors (Lipinski definition) is 1. The Labute approximate surface area is 121 Å². The molecule has 1 N–H and O–H groups in total. The van der Waals surface area contributed by atoms with Gasteiger partial charge in [-0.2, -0.15) is 0 Å². The van der Waals surface area contributed by atoms with Crippen LogP contribution in [0.1, 0.15) is 35.1 Å². The molecule has 1 atom stereocenters. The standard InChI is InChI=1S/C15H23NO3S/c1-10-8-15(13(4)12(3)11(10)2)20(17,18)16-9-14-6-5-7-19-14/h8,14,16H,5-7,9H2,1-4H3. The number of ether oxygens (including phenoxy) is 1. The van der Waals surface area contributed by atoms with Crippen LogP contribution in [0.2, 0.25) is 0 Å². The Kier molecular flexibility index (Phi) is 4.52. The Hall–Kier alpha value is -0.910. The first-order chi connectivity index (χ1) is 9.33. The first-order valence-electron chi connectivity index (χ1n) is 7.01. The minimum Gasteiger partial charge on any atom is -0.377 e. The molecule has 0 aliphatic carbocycles. The Morgan fingerprint density at radius 3 is 2.50 bits per heavy atom. The summed E-state index contributed by atoms with van der Waals surface area (Å²) >= 11 is 0. The molecule has 1 unspecified atom stereocenters. The van der Waals surface area contributed by atoms with Crippen molar-refractivity contribution in [2.24, 2.45) is 0 Å². The van der Waals surface area contributed by atoms with Crippen molar-refractivity contribution >= 4 is 10.0 Å². The van der Waals surface area contributed by atoms with Gasteiger partial charge in [0.15, 0.2) is 0 Å². The lowest BCUT2D eigenvalue weighted by Crippen LogP contribution is -2.32. The zero-order valence-corrected chi connectivity index (χ0v) is 13.4. The Bertz CT molecular complexity index is 602. The quantitative estimate of drug-likeness (QED) is 0.928. The second-order valence-electron chi connectivity index (χ2n) is 5.55. The van der Waals surface area contributed by atoms with Gasteiger partial charge in [0.1, 0.15) is 0 Å². The second kappa shape index (κ2) is 5.84. The molecule has 1 saturated heterocycles. The van der Waals surface area contributed by atoms with Crippen molar-refractivity contribution in [2.75, 3.05) is 13.2 Å². The van der Waals surface area contributed by atoms with E-state index in [1.807, 2.05) is 27.7 Å². The van der Waals surface area contributed by atoms with Crippen LogP contribution in [0, 0.1) is 27.7 Å². The van der Waals surface area contributed by atoms with E-state index in [9.17, 15) is 8.42 Å². The lowest BCUT2D eigenvalue weighted by Gasteiger charge is -2.16. The smallest absolute Gasteiger partial charge is 0.240 e. The summed E-state index contributed by atoms with van der Waals surface area (Å²) in [4.78, 5) is 0.385. The number of hydrogen-bond acceptors (Lipinski definition) is 3. The van der Waals surface area contributed by atoms with Crippen molar-refractivity contribution in [1.29, 1.82) is 0 Å². The minimum atomic E-state index is -3.47. The van der Waals surface area contributed by atoms with E-state index in [1.165, 1.54) is 0 Å². The van der Waals surface area contributed by atoms with Gasteiger partial charge in [-0.1, -0.05) is 0 Å². The first-order valence-corrected chi connectivity index (χ1v) is 8.50. The maximum Gasteiger partial charge on any atom is 0.240 e. The molecule has 0 bridgehead atoms. The molecule has 112 valence electrons. The topological polar surface area (TPSA) is 55.4 Å². The zero-order valence-electron chi connectivity index (χ0n) is 12.6. The average molecular weight is 297 g/mol. The van der Waals surface area contributed by atoms with Gasteiger partial charge < -0.3 is 4.74 Å². The SMILES string of the molecule is Cc1cc(S(=O)(=O)NCC2CCCO2)c(C)c(C)c1C. The van der Waals surface area contributed by atoms with Crippen molar-refractivity contribution in [3.8, 4) is 0 Å². The number of benzene rings is 1. The summed E-state index contributed by atoms with van der Waals surface area (Å²) < 4.78 is 33.1. The second-order valence-corrected chi connectivity index (χ2v) is 7.29. The third kappa shape index (κ3) is 3.05. The van der Waals surface area contributed by atoms with E-state index in [-0.39, 0.29) is 6.10 Å². The van der Waals surface area contributed by atoms with Gasteiger partial charge in [0.2, 0.25) is 10.0 Å². The number of aryl methyl sites for hydroxylation is 1. The summed E-state index contributed by atoms with van der Waals surface area (Å²) in [6.45, 7) is 8.88. The Morgan fingerprint density at radius 1 is 1.20 bits per heavy atom. The molecule has 5 heteroatoms. The van der Waals surface area contributed by atoms with Gasteiger partial charge in [-0.15, -0.1) is 0 Å². The van der Waals surface area contributed by atoms with Crippen molar-refractivity contribution < 1.29 is 13.2 Å². The lowest BCUT2D eigenvalue weighted by molar-refractivity contribution is 0.114. The first kappa shape index (κ1) is 15.5. The molecule has 20 heavy (non-hydrogen) atoms. The fourth-order valence-electron chi connectivity index (χ4n) is 2.54. The maximum absolute atomic E-state index is 12.5. The van der Waals surface area contributed by atoms with E-state index in [0.717, 1.165) is 41.7 Å². The molecule has 1 aromatic rings. The molecule has 0 amide bonds. The molecule has 0 aromatic heterocycles. The van der Waals surface area contributed by atoms with E-state index in [0.29, 0.717) is 11.4 Å². The van der Waals surface area contributed by atoms with Crippen LogP contribution in [-0.4, -0.2) is 27.7 Å². The van der Waals surface area contributed by atoms with Crippen LogP contribution in [0.3, 0.4) is 0 Å². The van der Waals surface area contributed by atoms with Crippen molar-refractivity contribution in [3.63, 3.8) is 0 Å². The fraction of sp³-hybridized carbons (Fsp3) is 0.600. The van der Waals surface area contributed by atoms with Gasteiger partial charge in [-0.3, -0.25) is 0 Å². The highest BCUT2D eigenvalue weighted by Gasteiger charge is 2.23. The Balaban J connectivity index is 2.25. The van der Waals surface area contributed by atoms with Crippen LogP contribution in [-0.2, 0) is 14.8 Å². The summed E-state index contributed by atoms with van der Waals surface area (Å²) in [6, 6.07) is 1.76. The van der Waals surface area contributed by atoms with E-state index in [4.69, 9.17) is 4.74 Å². The molecule has 1 heterocycles. The number of sulfonamides is 1. The van der Waals surface area contributed by atoms with Crippen LogP contribution in [0.15, 0.2) is 11.0 Å². The summed E-state index contributed by atoms with van der Waals surface area (Å²) in [7, 11) is -3.47. The minimum absolute atomic E-state index is 0.0118. The fourth-order valence-corrected chi connectivity index (χ4v) is 3.99. The molecule has 4 nitrogen and oxygen atoms in total. The molecular formula is C15H23NO3S. The normalized spacial score (nSPS) is 19.5. The van der Waals surface area contributed by atoms with Crippen LogP contribution < -0.4 is 4.72 Å². The Morgan fingerprint density at radius 2 is 1.90 bits per heavy atom. The van der Waals surface area contributed by atoms with Gasteiger partial charge in [-0.05, 0) is 68.9 Å². The van der Waals surface area contributed by atoms with Crippen LogP contribution >= 0.6 is 0 Å². The summed E-state index contributed by atoms with van der Waals surface area (Å²) in [6.07, 6.45) is 1.94. The molecule has 2 rings (SSSR count). The van der Waals surface area contributed by atoms with Gasteiger partial charge in [0, 0.05) is 13.2 Å². The monoisotopic (exact) mass is 297 g/mol. The summed E-state index contributed by atoms with van der Waals surface area (Å²) in [5.74, 6) is 0. The lowest BCUT2D eigenvalue weighted by atomic mass is 10.00. The van der Waals surface area contributed by atoms with Crippen molar-refractivity contribution in [2.45, 2.75) is 51.5 Å². The van der Waals surface area contributed by atoms with Crippen LogP contribution in [0.25, 0.3) is 0 Å². The van der Waals surface area contributed by atoms with E-state index in [2.05, 4.69) is 4.72 Å². The van der Waals surface area contributed by atoms with E-state index in [1.54, 1.807) is 6.07 Å². The predicted molar refractivity (Wildman–Crippen MR) is 79.6 cm³/mol. The molecule has 0 spiro atoms. The van der Waals surface area contributed by atoms with Crippen LogP contribution in [0.4, 0.5) is 0 Å². The van der Waals surface area contributed by atoms with Gasteiger partial charge >= 0.3 is 0 Å². The molecule has 1 aliphatic rings. The number of nitrogens with one attached hydrogen (secondary N) is 1. The predicted octanol–water partition coefficient (Wildman–Crippen LogP) is 2.38. The molecular weight excluding hydrogens is 274 g/mol. The number of rotatable bonds is 4. The largest absolute Gasteiger partial charge is 0.377 e. The van der Waals surface area contributed by atoms with E-state index < -0.39 is 10.0 Å². The third-order valence-electron chi connectivity index (χ3n) is 4.25. The maximum atomic E-state index is 12.5. The molecule has 0 saturated carbocycles. The molecule has 0 radical (unpaired) electrons.